The highest BCUT2D eigenvalue weighted by Crippen LogP contribution is 2.52. The zero-order valence-corrected chi connectivity index (χ0v) is 8.74. The Kier molecular flexibility index (Phi) is 2.26. The van der Waals surface area contributed by atoms with Crippen molar-refractivity contribution in [3.63, 3.8) is 0 Å². The molecule has 3 rings (SSSR count). The van der Waals surface area contributed by atoms with E-state index in [0.717, 1.165) is 11.8 Å². The molecule has 2 aliphatic rings. The number of aromatic nitrogens is 2. The zero-order valence-electron chi connectivity index (χ0n) is 8.74. The number of nitrogens with zero attached hydrogens (tertiary/aromatic N) is 2. The van der Waals surface area contributed by atoms with Crippen molar-refractivity contribution in [2.45, 2.75) is 31.7 Å². The SMILES string of the molecule is FC(F)c1cnc(NC2C[C@H]3C[C@@H]3C2)nc1. The second-order valence-corrected chi connectivity index (χ2v) is 4.71. The van der Waals surface area contributed by atoms with Crippen LogP contribution in [0.5, 0.6) is 0 Å². The summed E-state index contributed by atoms with van der Waals surface area (Å²) in [6.07, 6.45) is 3.59. The summed E-state index contributed by atoms with van der Waals surface area (Å²) in [6.45, 7) is 0. The summed E-state index contributed by atoms with van der Waals surface area (Å²) in [7, 11) is 0. The molecule has 0 aromatic carbocycles. The molecule has 5 heteroatoms. The Morgan fingerprint density at radius 3 is 2.31 bits per heavy atom. The van der Waals surface area contributed by atoms with Crippen LogP contribution in [0.4, 0.5) is 14.7 Å². The molecule has 2 fully saturated rings. The molecule has 1 heterocycles. The van der Waals surface area contributed by atoms with Gasteiger partial charge in [0.25, 0.3) is 6.43 Å². The molecule has 0 amide bonds. The van der Waals surface area contributed by atoms with Gasteiger partial charge in [0.2, 0.25) is 5.95 Å². The highest BCUT2D eigenvalue weighted by atomic mass is 19.3. The van der Waals surface area contributed by atoms with E-state index in [4.69, 9.17) is 0 Å². The molecule has 2 aliphatic carbocycles. The lowest BCUT2D eigenvalue weighted by Crippen LogP contribution is -2.18. The molecule has 1 aromatic heterocycles. The first-order chi connectivity index (χ1) is 7.72. The molecule has 0 saturated heterocycles. The van der Waals surface area contributed by atoms with Crippen LogP contribution in [-0.4, -0.2) is 16.0 Å². The zero-order chi connectivity index (χ0) is 11.1. The summed E-state index contributed by atoms with van der Waals surface area (Å²) < 4.78 is 24.5. The van der Waals surface area contributed by atoms with Crippen molar-refractivity contribution in [2.75, 3.05) is 5.32 Å². The number of halogens is 2. The highest BCUT2D eigenvalue weighted by Gasteiger charge is 2.45. The molecule has 86 valence electrons. The van der Waals surface area contributed by atoms with Crippen LogP contribution in [0.25, 0.3) is 0 Å². The second-order valence-electron chi connectivity index (χ2n) is 4.71. The molecule has 0 bridgehead atoms. The lowest BCUT2D eigenvalue weighted by Gasteiger charge is -2.13. The number of anilines is 1. The number of fused-ring (bicyclic) bond motifs is 1. The molecule has 1 N–H and O–H groups in total. The molecule has 0 unspecified atom stereocenters. The summed E-state index contributed by atoms with van der Waals surface area (Å²) in [6, 6.07) is 0.432. The maximum absolute atomic E-state index is 12.3. The lowest BCUT2D eigenvalue weighted by atomic mass is 10.2. The third-order valence-electron chi connectivity index (χ3n) is 3.50. The predicted molar refractivity (Wildman–Crippen MR) is 55.2 cm³/mol. The van der Waals surface area contributed by atoms with E-state index in [9.17, 15) is 8.78 Å². The largest absolute Gasteiger partial charge is 0.351 e. The molecule has 16 heavy (non-hydrogen) atoms. The molecule has 0 spiro atoms. The monoisotopic (exact) mass is 225 g/mol. The standard InChI is InChI=1S/C11H13F2N3/c12-10(13)8-4-14-11(15-5-8)16-9-2-6-1-7(6)3-9/h4-7,9-10H,1-3H2,(H,14,15,16)/t6-,7-/m1/s1. The van der Waals surface area contributed by atoms with Gasteiger partial charge in [-0.05, 0) is 31.1 Å². The maximum atomic E-state index is 12.3. The summed E-state index contributed by atoms with van der Waals surface area (Å²) in [5.41, 5.74) is -0.125. The van der Waals surface area contributed by atoms with Gasteiger partial charge in [-0.1, -0.05) is 0 Å². The summed E-state index contributed by atoms with van der Waals surface area (Å²) in [4.78, 5) is 7.80. The van der Waals surface area contributed by atoms with E-state index in [1.54, 1.807) is 0 Å². The summed E-state index contributed by atoms with van der Waals surface area (Å²) in [5, 5.41) is 3.20. The van der Waals surface area contributed by atoms with Crippen molar-refractivity contribution in [3.8, 4) is 0 Å². The van der Waals surface area contributed by atoms with Crippen molar-refractivity contribution in [3.05, 3.63) is 18.0 Å². The molecule has 2 saturated carbocycles. The van der Waals surface area contributed by atoms with Gasteiger partial charge in [-0.2, -0.15) is 0 Å². The van der Waals surface area contributed by atoms with Crippen molar-refractivity contribution in [2.24, 2.45) is 11.8 Å². The van der Waals surface area contributed by atoms with Crippen LogP contribution in [-0.2, 0) is 0 Å². The number of hydrogen-bond donors (Lipinski definition) is 1. The van der Waals surface area contributed by atoms with Gasteiger partial charge < -0.3 is 5.32 Å². The highest BCUT2D eigenvalue weighted by molar-refractivity contribution is 5.28. The third-order valence-corrected chi connectivity index (χ3v) is 3.50. The van der Waals surface area contributed by atoms with Crippen molar-refractivity contribution in [1.29, 1.82) is 0 Å². The maximum Gasteiger partial charge on any atom is 0.266 e. The predicted octanol–water partition coefficient (Wildman–Crippen LogP) is 2.62. The van der Waals surface area contributed by atoms with Gasteiger partial charge in [-0.15, -0.1) is 0 Å². The lowest BCUT2D eigenvalue weighted by molar-refractivity contribution is 0.150. The van der Waals surface area contributed by atoms with Crippen molar-refractivity contribution >= 4 is 5.95 Å². The van der Waals surface area contributed by atoms with Gasteiger partial charge >= 0.3 is 0 Å². The Balaban J connectivity index is 1.61. The number of hydrogen-bond acceptors (Lipinski definition) is 3. The summed E-state index contributed by atoms with van der Waals surface area (Å²) >= 11 is 0. The smallest absolute Gasteiger partial charge is 0.266 e. The van der Waals surface area contributed by atoms with Crippen LogP contribution < -0.4 is 5.32 Å². The van der Waals surface area contributed by atoms with E-state index >= 15 is 0 Å². The molecular weight excluding hydrogens is 212 g/mol. The molecule has 0 radical (unpaired) electrons. The summed E-state index contributed by atoms with van der Waals surface area (Å²) in [5.74, 6) is 2.24. The Labute approximate surface area is 92.3 Å². The van der Waals surface area contributed by atoms with Gasteiger partial charge in [-0.25, -0.2) is 18.7 Å². The minimum atomic E-state index is -2.49. The number of rotatable bonds is 3. The minimum absolute atomic E-state index is 0.125. The van der Waals surface area contributed by atoms with E-state index in [1.807, 2.05) is 0 Å². The normalized spacial score (nSPS) is 28.2. The van der Waals surface area contributed by atoms with Gasteiger partial charge in [-0.3, -0.25) is 0 Å². The number of alkyl halides is 2. The minimum Gasteiger partial charge on any atom is -0.351 e. The molecule has 3 nitrogen and oxygen atoms in total. The van der Waals surface area contributed by atoms with Crippen molar-refractivity contribution in [1.82, 2.24) is 9.97 Å². The van der Waals surface area contributed by atoms with Crippen LogP contribution in [0.2, 0.25) is 0 Å². The first-order valence-electron chi connectivity index (χ1n) is 5.59. The molecule has 0 aliphatic heterocycles. The molecular formula is C11H13F2N3. The van der Waals surface area contributed by atoms with Gasteiger partial charge in [0.15, 0.2) is 0 Å². The third kappa shape index (κ3) is 1.86. The average molecular weight is 225 g/mol. The first kappa shape index (κ1) is 9.93. The topological polar surface area (TPSA) is 37.8 Å². The van der Waals surface area contributed by atoms with Gasteiger partial charge in [0, 0.05) is 18.4 Å². The van der Waals surface area contributed by atoms with Crippen LogP contribution in [0.3, 0.4) is 0 Å². The van der Waals surface area contributed by atoms with Crippen LogP contribution in [0, 0.1) is 11.8 Å². The molecule has 2 atom stereocenters. The Bertz CT molecular complexity index is 369. The average Bonchev–Trinajstić information content (AvgIpc) is 2.87. The second kappa shape index (κ2) is 3.64. The van der Waals surface area contributed by atoms with Crippen LogP contribution in [0.1, 0.15) is 31.3 Å². The number of nitrogens with one attached hydrogen (secondary N) is 1. The van der Waals surface area contributed by atoms with E-state index in [-0.39, 0.29) is 5.56 Å². The van der Waals surface area contributed by atoms with E-state index < -0.39 is 6.43 Å². The fraction of sp³-hybridized carbons (Fsp3) is 0.636. The first-order valence-corrected chi connectivity index (χ1v) is 5.59. The van der Waals surface area contributed by atoms with E-state index in [1.165, 1.54) is 31.7 Å². The van der Waals surface area contributed by atoms with Crippen molar-refractivity contribution < 1.29 is 8.78 Å². The Hall–Kier alpha value is -1.26. The fourth-order valence-electron chi connectivity index (χ4n) is 2.54. The Morgan fingerprint density at radius 2 is 1.75 bits per heavy atom. The van der Waals surface area contributed by atoms with Crippen LogP contribution in [0.15, 0.2) is 12.4 Å². The van der Waals surface area contributed by atoms with E-state index in [0.29, 0.717) is 12.0 Å². The molecule has 1 aromatic rings. The quantitative estimate of drug-likeness (QED) is 0.859. The van der Waals surface area contributed by atoms with E-state index in [2.05, 4.69) is 15.3 Å². The van der Waals surface area contributed by atoms with Crippen LogP contribution >= 0.6 is 0 Å². The van der Waals surface area contributed by atoms with Gasteiger partial charge in [0.1, 0.15) is 0 Å². The fourth-order valence-corrected chi connectivity index (χ4v) is 2.54. The Morgan fingerprint density at radius 1 is 1.12 bits per heavy atom. The van der Waals surface area contributed by atoms with Gasteiger partial charge in [0.05, 0.1) is 5.56 Å².